The lowest BCUT2D eigenvalue weighted by Gasteiger charge is -2.25. The van der Waals surface area contributed by atoms with E-state index in [1.54, 1.807) is 6.26 Å². The minimum atomic E-state index is -0.826. The van der Waals surface area contributed by atoms with Crippen molar-refractivity contribution in [2.45, 2.75) is 13.0 Å². The van der Waals surface area contributed by atoms with Crippen LogP contribution in [0.3, 0.4) is 0 Å². The van der Waals surface area contributed by atoms with E-state index in [4.69, 9.17) is 0 Å². The van der Waals surface area contributed by atoms with Gasteiger partial charge >= 0.3 is 0 Å². The average Bonchev–Trinajstić information content (AvgIpc) is 2.17. The monoisotopic (exact) mass is 195 g/mol. The number of benzene rings is 1. The third-order valence-electron chi connectivity index (χ3n) is 2.46. The van der Waals surface area contributed by atoms with E-state index in [1.165, 1.54) is 11.1 Å². The Morgan fingerprint density at radius 3 is 2.69 bits per heavy atom. The first kappa shape index (κ1) is 8.91. The molecule has 0 spiro atoms. The Balaban J connectivity index is 2.24. The smallest absolute Gasteiger partial charge is 0.0913 e. The topological polar surface area (TPSA) is 20.3 Å². The van der Waals surface area contributed by atoms with Gasteiger partial charge in [-0.05, 0) is 17.5 Å². The van der Waals surface area contributed by atoms with Crippen LogP contribution in [0.2, 0.25) is 0 Å². The minimum Gasteiger partial charge on any atom is -0.243 e. The van der Waals surface area contributed by atoms with Gasteiger partial charge in [0.1, 0.15) is 0 Å². The Bertz CT molecular complexity index is 337. The molecule has 1 atom stereocenters. The molecule has 1 aliphatic heterocycles. The van der Waals surface area contributed by atoms with E-state index < -0.39 is 11.0 Å². The molecule has 3 heteroatoms. The lowest BCUT2D eigenvalue weighted by Crippen LogP contribution is -2.31. The number of hydrogen-bond acceptors (Lipinski definition) is 1. The SMILES string of the molecule is CS(=O)N1CCc2ccccc2C1. The summed E-state index contributed by atoms with van der Waals surface area (Å²) >= 11 is 0. The van der Waals surface area contributed by atoms with Gasteiger partial charge in [-0.3, -0.25) is 0 Å². The maximum absolute atomic E-state index is 11.2. The van der Waals surface area contributed by atoms with Crippen molar-refractivity contribution in [3.63, 3.8) is 0 Å². The second kappa shape index (κ2) is 3.60. The van der Waals surface area contributed by atoms with Crippen LogP contribution in [0.5, 0.6) is 0 Å². The molecule has 1 heterocycles. The number of nitrogens with zero attached hydrogens (tertiary/aromatic N) is 1. The fourth-order valence-corrected chi connectivity index (χ4v) is 2.36. The van der Waals surface area contributed by atoms with Gasteiger partial charge in [-0.2, -0.15) is 0 Å². The summed E-state index contributed by atoms with van der Waals surface area (Å²) in [6.07, 6.45) is 2.77. The Morgan fingerprint density at radius 1 is 1.31 bits per heavy atom. The van der Waals surface area contributed by atoms with Crippen molar-refractivity contribution in [3.05, 3.63) is 35.4 Å². The van der Waals surface area contributed by atoms with Crippen LogP contribution in [0.15, 0.2) is 24.3 Å². The summed E-state index contributed by atoms with van der Waals surface area (Å²) in [6, 6.07) is 8.39. The van der Waals surface area contributed by atoms with Gasteiger partial charge in [-0.1, -0.05) is 24.3 Å². The highest BCUT2D eigenvalue weighted by Crippen LogP contribution is 2.18. The predicted octanol–water partition coefficient (Wildman–Crippen LogP) is 1.34. The number of hydrogen-bond donors (Lipinski definition) is 0. The summed E-state index contributed by atoms with van der Waals surface area (Å²) in [6.45, 7) is 1.75. The first-order chi connectivity index (χ1) is 6.27. The largest absolute Gasteiger partial charge is 0.243 e. The predicted molar refractivity (Wildman–Crippen MR) is 54.6 cm³/mol. The van der Waals surface area contributed by atoms with Crippen LogP contribution in [0.1, 0.15) is 11.1 Å². The molecule has 2 nitrogen and oxygen atoms in total. The van der Waals surface area contributed by atoms with Crippen molar-refractivity contribution < 1.29 is 4.21 Å². The molecule has 13 heavy (non-hydrogen) atoms. The van der Waals surface area contributed by atoms with Crippen molar-refractivity contribution >= 4 is 11.0 Å². The molecule has 1 aromatic carbocycles. The number of fused-ring (bicyclic) bond motifs is 1. The summed E-state index contributed by atoms with van der Waals surface area (Å²) in [5, 5.41) is 0. The second-order valence-electron chi connectivity index (χ2n) is 3.31. The van der Waals surface area contributed by atoms with E-state index in [-0.39, 0.29) is 0 Å². The molecule has 0 N–H and O–H groups in total. The van der Waals surface area contributed by atoms with Crippen LogP contribution >= 0.6 is 0 Å². The van der Waals surface area contributed by atoms with Gasteiger partial charge in [0.05, 0.1) is 11.0 Å². The third kappa shape index (κ3) is 1.81. The molecule has 2 rings (SSSR count). The van der Waals surface area contributed by atoms with Crippen molar-refractivity contribution in [1.29, 1.82) is 0 Å². The van der Waals surface area contributed by atoms with E-state index in [0.29, 0.717) is 0 Å². The molecule has 0 radical (unpaired) electrons. The molecule has 0 saturated carbocycles. The van der Waals surface area contributed by atoms with Crippen LogP contribution in [-0.2, 0) is 24.0 Å². The van der Waals surface area contributed by atoms with E-state index >= 15 is 0 Å². The normalized spacial score (nSPS) is 19.5. The Hall–Kier alpha value is -0.670. The third-order valence-corrected chi connectivity index (χ3v) is 3.50. The van der Waals surface area contributed by atoms with Crippen LogP contribution in [0, 0.1) is 0 Å². The molecule has 0 fully saturated rings. The molecule has 0 aliphatic carbocycles. The maximum Gasteiger partial charge on any atom is 0.0913 e. The minimum absolute atomic E-state index is 0.826. The van der Waals surface area contributed by atoms with Crippen molar-refractivity contribution in [3.8, 4) is 0 Å². The maximum atomic E-state index is 11.2. The van der Waals surface area contributed by atoms with E-state index in [2.05, 4.69) is 18.2 Å². The summed E-state index contributed by atoms with van der Waals surface area (Å²) in [5.41, 5.74) is 2.73. The van der Waals surface area contributed by atoms with Gasteiger partial charge in [-0.15, -0.1) is 0 Å². The summed E-state index contributed by atoms with van der Waals surface area (Å²) in [4.78, 5) is 0. The zero-order valence-electron chi connectivity index (χ0n) is 7.69. The molecule has 1 aromatic rings. The highest BCUT2D eigenvalue weighted by Gasteiger charge is 2.17. The van der Waals surface area contributed by atoms with Gasteiger partial charge < -0.3 is 0 Å². The second-order valence-corrected chi connectivity index (χ2v) is 4.67. The molecule has 0 saturated heterocycles. The van der Waals surface area contributed by atoms with Crippen LogP contribution in [0.25, 0.3) is 0 Å². The zero-order valence-corrected chi connectivity index (χ0v) is 8.51. The Kier molecular flexibility index (Phi) is 2.47. The quantitative estimate of drug-likeness (QED) is 0.662. The van der Waals surface area contributed by atoms with Crippen LogP contribution in [-0.4, -0.2) is 21.3 Å². The Morgan fingerprint density at radius 2 is 2.00 bits per heavy atom. The fraction of sp³-hybridized carbons (Fsp3) is 0.400. The molecule has 1 unspecified atom stereocenters. The Labute approximate surface area is 81.2 Å². The molecular formula is C10H13NOS. The van der Waals surface area contributed by atoms with Gasteiger partial charge in [-0.25, -0.2) is 8.51 Å². The molecule has 70 valence electrons. The van der Waals surface area contributed by atoms with Gasteiger partial charge in [0.25, 0.3) is 0 Å². The first-order valence-corrected chi connectivity index (χ1v) is 5.94. The lowest BCUT2D eigenvalue weighted by atomic mass is 10.0. The van der Waals surface area contributed by atoms with Crippen LogP contribution < -0.4 is 0 Å². The van der Waals surface area contributed by atoms with E-state index in [1.807, 2.05) is 10.4 Å². The summed E-state index contributed by atoms with van der Waals surface area (Å²) < 4.78 is 13.2. The van der Waals surface area contributed by atoms with Gasteiger partial charge in [0, 0.05) is 19.3 Å². The number of rotatable bonds is 1. The van der Waals surface area contributed by atoms with E-state index in [0.717, 1.165) is 19.5 Å². The molecule has 0 aromatic heterocycles. The average molecular weight is 195 g/mol. The van der Waals surface area contributed by atoms with E-state index in [9.17, 15) is 4.21 Å². The zero-order chi connectivity index (χ0) is 9.26. The van der Waals surface area contributed by atoms with Crippen molar-refractivity contribution in [2.75, 3.05) is 12.8 Å². The summed E-state index contributed by atoms with van der Waals surface area (Å²) in [7, 11) is -0.826. The van der Waals surface area contributed by atoms with Gasteiger partial charge in [0.15, 0.2) is 0 Å². The van der Waals surface area contributed by atoms with Gasteiger partial charge in [0.2, 0.25) is 0 Å². The standard InChI is InChI=1S/C10H13NOS/c1-13(12)11-7-6-9-4-2-3-5-10(9)8-11/h2-5H,6-8H2,1H3. The molecule has 0 bridgehead atoms. The lowest BCUT2D eigenvalue weighted by molar-refractivity contribution is 0.423. The summed E-state index contributed by atoms with van der Waals surface area (Å²) in [5.74, 6) is 0. The highest BCUT2D eigenvalue weighted by atomic mass is 32.2. The molecule has 0 amide bonds. The van der Waals surface area contributed by atoms with Crippen molar-refractivity contribution in [2.24, 2.45) is 0 Å². The first-order valence-electron chi connectivity index (χ1n) is 4.42. The van der Waals surface area contributed by atoms with Crippen LogP contribution in [0.4, 0.5) is 0 Å². The van der Waals surface area contributed by atoms with Crippen molar-refractivity contribution in [1.82, 2.24) is 4.31 Å². The fourth-order valence-electron chi connectivity index (χ4n) is 1.69. The molecular weight excluding hydrogens is 182 g/mol. The highest BCUT2D eigenvalue weighted by molar-refractivity contribution is 7.81. The molecule has 1 aliphatic rings.